The first-order valence-corrected chi connectivity index (χ1v) is 4.76. The largest absolute Gasteiger partial charge is 0.449 e. The van der Waals surface area contributed by atoms with Gasteiger partial charge in [-0.15, -0.1) is 0 Å². The molecule has 1 N–H and O–H groups in total. The van der Waals surface area contributed by atoms with Crippen molar-refractivity contribution in [1.82, 2.24) is 0 Å². The topological polar surface area (TPSA) is 68.3 Å². The van der Waals surface area contributed by atoms with Crippen molar-refractivity contribution in [2.75, 3.05) is 5.32 Å². The van der Waals surface area contributed by atoms with Crippen LogP contribution in [0.3, 0.4) is 0 Å². The zero-order valence-electron chi connectivity index (χ0n) is 8.37. The fraction of sp³-hybridized carbons (Fsp3) is 0.0909. The Kier molecular flexibility index (Phi) is 2.86. The SMILES string of the molecule is O=[N+]([O-])C(Nc1ccco1)c1ccccc1. The van der Waals surface area contributed by atoms with Crippen molar-refractivity contribution < 1.29 is 9.34 Å². The van der Waals surface area contributed by atoms with Crippen LogP contribution < -0.4 is 5.32 Å². The number of nitrogens with one attached hydrogen (secondary N) is 1. The van der Waals surface area contributed by atoms with E-state index in [-0.39, 0.29) is 0 Å². The second kappa shape index (κ2) is 4.48. The molecule has 1 heterocycles. The number of hydrogen-bond donors (Lipinski definition) is 1. The molecule has 5 heteroatoms. The maximum atomic E-state index is 10.9. The van der Waals surface area contributed by atoms with Crippen molar-refractivity contribution >= 4 is 5.88 Å². The Morgan fingerprint density at radius 2 is 1.94 bits per heavy atom. The lowest BCUT2D eigenvalue weighted by Crippen LogP contribution is -2.19. The number of benzene rings is 1. The van der Waals surface area contributed by atoms with Crippen molar-refractivity contribution in [2.45, 2.75) is 6.17 Å². The highest BCUT2D eigenvalue weighted by atomic mass is 16.6. The van der Waals surface area contributed by atoms with E-state index in [9.17, 15) is 10.1 Å². The van der Waals surface area contributed by atoms with Crippen LogP contribution in [-0.4, -0.2) is 4.92 Å². The Morgan fingerprint density at radius 1 is 1.19 bits per heavy atom. The molecule has 0 saturated heterocycles. The third kappa shape index (κ3) is 2.20. The molecule has 0 spiro atoms. The number of nitro groups is 1. The van der Waals surface area contributed by atoms with E-state index < -0.39 is 11.1 Å². The third-order valence-electron chi connectivity index (χ3n) is 2.13. The van der Waals surface area contributed by atoms with Crippen LogP contribution in [0.5, 0.6) is 0 Å². The van der Waals surface area contributed by atoms with Gasteiger partial charge < -0.3 is 4.42 Å². The molecule has 0 aliphatic heterocycles. The summed E-state index contributed by atoms with van der Waals surface area (Å²) < 4.78 is 5.02. The molecular formula is C11H10N2O3. The van der Waals surface area contributed by atoms with E-state index in [2.05, 4.69) is 5.32 Å². The second-order valence-corrected chi connectivity index (χ2v) is 3.22. The number of nitrogens with zero attached hydrogens (tertiary/aromatic N) is 1. The minimum absolute atomic E-state index is 0.380. The molecule has 1 aromatic heterocycles. The first-order chi connectivity index (χ1) is 7.77. The lowest BCUT2D eigenvalue weighted by Gasteiger charge is -2.10. The van der Waals surface area contributed by atoms with E-state index in [0.29, 0.717) is 11.4 Å². The number of hydrogen-bond acceptors (Lipinski definition) is 4. The van der Waals surface area contributed by atoms with Crippen LogP contribution in [0.4, 0.5) is 5.88 Å². The molecule has 2 aromatic rings. The molecule has 0 fully saturated rings. The van der Waals surface area contributed by atoms with Gasteiger partial charge in [-0.1, -0.05) is 30.3 Å². The number of furan rings is 1. The molecular weight excluding hydrogens is 208 g/mol. The zero-order valence-corrected chi connectivity index (χ0v) is 8.37. The average Bonchev–Trinajstić information content (AvgIpc) is 2.79. The summed E-state index contributed by atoms with van der Waals surface area (Å²) in [5.74, 6) is 0.380. The van der Waals surface area contributed by atoms with Gasteiger partial charge in [0.05, 0.1) is 11.2 Å². The Hall–Kier alpha value is -2.30. The van der Waals surface area contributed by atoms with E-state index in [4.69, 9.17) is 4.42 Å². The Bertz CT molecular complexity index is 453. The molecule has 1 aromatic carbocycles. The molecule has 0 aliphatic rings. The highest BCUT2D eigenvalue weighted by molar-refractivity contribution is 5.33. The summed E-state index contributed by atoms with van der Waals surface area (Å²) in [4.78, 5) is 10.5. The predicted molar refractivity (Wildman–Crippen MR) is 58.5 cm³/mol. The summed E-state index contributed by atoms with van der Waals surface area (Å²) in [6, 6.07) is 12.0. The van der Waals surface area contributed by atoms with Crippen LogP contribution >= 0.6 is 0 Å². The van der Waals surface area contributed by atoms with Crippen molar-refractivity contribution in [3.8, 4) is 0 Å². The van der Waals surface area contributed by atoms with E-state index in [1.165, 1.54) is 6.26 Å². The van der Waals surface area contributed by atoms with Crippen LogP contribution in [0.25, 0.3) is 0 Å². The van der Waals surface area contributed by atoms with Gasteiger partial charge in [-0.25, -0.2) is 0 Å². The van der Waals surface area contributed by atoms with Gasteiger partial charge in [-0.3, -0.25) is 15.4 Å². The van der Waals surface area contributed by atoms with Crippen LogP contribution in [0, 0.1) is 10.1 Å². The first-order valence-electron chi connectivity index (χ1n) is 4.76. The van der Waals surface area contributed by atoms with Gasteiger partial charge in [-0.05, 0) is 6.07 Å². The van der Waals surface area contributed by atoms with E-state index in [1.807, 2.05) is 6.07 Å². The summed E-state index contributed by atoms with van der Waals surface area (Å²) in [5, 5.41) is 13.6. The molecule has 1 unspecified atom stereocenters. The lowest BCUT2D eigenvalue weighted by molar-refractivity contribution is -0.521. The van der Waals surface area contributed by atoms with Gasteiger partial charge in [0.25, 0.3) is 0 Å². The van der Waals surface area contributed by atoms with E-state index in [0.717, 1.165) is 0 Å². The highest BCUT2D eigenvalue weighted by Crippen LogP contribution is 2.19. The molecule has 2 rings (SSSR count). The minimum Gasteiger partial charge on any atom is -0.449 e. The van der Waals surface area contributed by atoms with Crippen molar-refractivity contribution in [2.24, 2.45) is 0 Å². The summed E-state index contributed by atoms with van der Waals surface area (Å²) in [6.07, 6.45) is 0.469. The average molecular weight is 218 g/mol. The van der Waals surface area contributed by atoms with E-state index >= 15 is 0 Å². The summed E-state index contributed by atoms with van der Waals surface area (Å²) in [7, 11) is 0. The van der Waals surface area contributed by atoms with Gasteiger partial charge in [0, 0.05) is 11.6 Å². The molecule has 0 saturated carbocycles. The minimum atomic E-state index is -0.993. The Morgan fingerprint density at radius 3 is 2.50 bits per heavy atom. The van der Waals surface area contributed by atoms with Gasteiger partial charge in [0.1, 0.15) is 0 Å². The highest BCUT2D eigenvalue weighted by Gasteiger charge is 2.22. The molecule has 82 valence electrons. The molecule has 0 aliphatic carbocycles. The van der Waals surface area contributed by atoms with Crippen LogP contribution in [0.15, 0.2) is 53.1 Å². The second-order valence-electron chi connectivity index (χ2n) is 3.22. The quantitative estimate of drug-likeness (QED) is 0.486. The standard InChI is InChI=1S/C11H10N2O3/c14-13(15)11(9-5-2-1-3-6-9)12-10-7-4-8-16-10/h1-8,11-12H. The van der Waals surface area contributed by atoms with Gasteiger partial charge in [-0.2, -0.15) is 0 Å². The van der Waals surface area contributed by atoms with Crippen LogP contribution in [0.1, 0.15) is 11.7 Å². The van der Waals surface area contributed by atoms with E-state index in [1.54, 1.807) is 36.4 Å². The maximum absolute atomic E-state index is 10.9. The molecule has 5 nitrogen and oxygen atoms in total. The Balaban J connectivity index is 2.22. The predicted octanol–water partition coefficient (Wildman–Crippen LogP) is 2.67. The first kappa shape index (κ1) is 10.2. The number of rotatable bonds is 4. The molecule has 0 radical (unpaired) electrons. The maximum Gasteiger partial charge on any atom is 0.312 e. The zero-order chi connectivity index (χ0) is 11.4. The molecule has 0 amide bonds. The third-order valence-corrected chi connectivity index (χ3v) is 2.13. The lowest BCUT2D eigenvalue weighted by atomic mass is 10.2. The normalized spacial score (nSPS) is 12.0. The van der Waals surface area contributed by atoms with Crippen LogP contribution in [-0.2, 0) is 0 Å². The molecule has 1 atom stereocenters. The fourth-order valence-electron chi connectivity index (χ4n) is 1.39. The van der Waals surface area contributed by atoms with Gasteiger partial charge in [0.15, 0.2) is 5.88 Å². The summed E-state index contributed by atoms with van der Waals surface area (Å²) in [6.45, 7) is 0. The fourth-order valence-corrected chi connectivity index (χ4v) is 1.39. The smallest absolute Gasteiger partial charge is 0.312 e. The van der Waals surface area contributed by atoms with Crippen molar-refractivity contribution in [1.29, 1.82) is 0 Å². The van der Waals surface area contributed by atoms with Crippen LogP contribution in [0.2, 0.25) is 0 Å². The Labute approximate surface area is 91.9 Å². The molecule has 0 bridgehead atoms. The van der Waals surface area contributed by atoms with Gasteiger partial charge >= 0.3 is 6.17 Å². The van der Waals surface area contributed by atoms with Crippen molar-refractivity contribution in [3.05, 3.63) is 64.4 Å². The monoisotopic (exact) mass is 218 g/mol. The molecule has 16 heavy (non-hydrogen) atoms. The van der Waals surface area contributed by atoms with Gasteiger partial charge in [0.2, 0.25) is 0 Å². The summed E-state index contributed by atoms with van der Waals surface area (Å²) >= 11 is 0. The number of anilines is 1. The summed E-state index contributed by atoms with van der Waals surface area (Å²) in [5.41, 5.74) is 0.587. The van der Waals surface area contributed by atoms with Crippen molar-refractivity contribution in [3.63, 3.8) is 0 Å².